The highest BCUT2D eigenvalue weighted by atomic mass is 19.2. The third kappa shape index (κ3) is 7.87. The van der Waals surface area contributed by atoms with Crippen molar-refractivity contribution in [1.82, 2.24) is 0 Å². The smallest absolute Gasteiger partial charge is 0.479 e. The number of carbonyl (C=O) groups is 3. The normalized spacial score (nSPS) is 29.4. The van der Waals surface area contributed by atoms with E-state index in [9.17, 15) is 27.6 Å². The molecule has 40 heavy (non-hydrogen) atoms. The SMILES string of the molecule is CC1CCC(C(C)C)C(OC(=O)OC(C)OC(=O)CC(CC2C(N)C2(F)C(=O)O)OCc2ccc(F)c(F)c2)C1. The summed E-state index contributed by atoms with van der Waals surface area (Å²) < 4.78 is 62.9. The van der Waals surface area contributed by atoms with Crippen molar-refractivity contribution in [3.05, 3.63) is 35.4 Å². The summed E-state index contributed by atoms with van der Waals surface area (Å²) in [5, 5.41) is 9.17. The van der Waals surface area contributed by atoms with Gasteiger partial charge in [0.1, 0.15) is 6.10 Å². The number of rotatable bonds is 12. The number of ether oxygens (including phenoxy) is 4. The number of carboxylic acid groups (broad SMARTS) is 1. The highest BCUT2D eigenvalue weighted by Crippen LogP contribution is 2.49. The Hall–Kier alpha value is -2.86. The predicted molar refractivity (Wildman–Crippen MR) is 135 cm³/mol. The van der Waals surface area contributed by atoms with Gasteiger partial charge in [0.05, 0.1) is 25.2 Å². The van der Waals surface area contributed by atoms with Crippen molar-refractivity contribution in [3.8, 4) is 0 Å². The third-order valence-corrected chi connectivity index (χ3v) is 7.83. The number of nitrogens with two attached hydrogens (primary N) is 1. The molecule has 2 saturated carbocycles. The number of hydrogen-bond acceptors (Lipinski definition) is 8. The van der Waals surface area contributed by atoms with Gasteiger partial charge in [-0.3, -0.25) is 4.79 Å². The molecule has 0 saturated heterocycles. The molecule has 8 atom stereocenters. The Kier molecular flexibility index (Phi) is 10.5. The van der Waals surface area contributed by atoms with Gasteiger partial charge in [-0.15, -0.1) is 0 Å². The number of carbonyl (C=O) groups excluding carboxylic acids is 2. The molecular formula is C28H38F3NO8. The van der Waals surface area contributed by atoms with Crippen molar-refractivity contribution in [1.29, 1.82) is 0 Å². The van der Waals surface area contributed by atoms with Gasteiger partial charge in [-0.05, 0) is 54.7 Å². The number of carboxylic acids is 1. The average molecular weight is 574 g/mol. The predicted octanol–water partition coefficient (Wildman–Crippen LogP) is 4.88. The lowest BCUT2D eigenvalue weighted by molar-refractivity contribution is -0.173. The standard InChI is InChI=1S/C28H38F3NO8/c1-14(2)19-7-5-15(3)9-23(19)40-27(36)39-16(4)38-24(33)12-18(11-20-25(32)28(20,31)26(34)35)37-13-17-6-8-21(29)22(30)10-17/h6,8,10,14-16,18-20,23,25H,5,7,9,11-13,32H2,1-4H3,(H,34,35). The minimum absolute atomic E-state index is 0.191. The number of halogens is 3. The third-order valence-electron chi connectivity index (χ3n) is 7.83. The van der Waals surface area contributed by atoms with Crippen LogP contribution < -0.4 is 5.73 Å². The summed E-state index contributed by atoms with van der Waals surface area (Å²) in [5.41, 5.74) is 3.19. The Bertz CT molecular complexity index is 1070. The van der Waals surface area contributed by atoms with E-state index in [4.69, 9.17) is 29.8 Å². The summed E-state index contributed by atoms with van der Waals surface area (Å²) in [7, 11) is 0. The summed E-state index contributed by atoms with van der Waals surface area (Å²) in [6.07, 6.45) is -1.71. The number of aliphatic carboxylic acids is 1. The van der Waals surface area contributed by atoms with Crippen molar-refractivity contribution in [2.45, 2.75) is 96.6 Å². The van der Waals surface area contributed by atoms with Crippen LogP contribution in [0.15, 0.2) is 18.2 Å². The first-order valence-corrected chi connectivity index (χ1v) is 13.5. The molecule has 3 N–H and O–H groups in total. The molecule has 0 spiro atoms. The molecule has 2 aliphatic carbocycles. The Morgan fingerprint density at radius 2 is 1.82 bits per heavy atom. The van der Waals surface area contributed by atoms with E-state index in [-0.39, 0.29) is 30.6 Å². The van der Waals surface area contributed by atoms with E-state index in [0.717, 1.165) is 25.0 Å². The van der Waals surface area contributed by atoms with Crippen LogP contribution in [-0.2, 0) is 35.1 Å². The maximum atomic E-state index is 14.6. The molecule has 3 rings (SSSR count). The molecule has 8 unspecified atom stereocenters. The lowest BCUT2D eigenvalue weighted by Gasteiger charge is -2.36. The second kappa shape index (κ2) is 13.2. The Labute approximate surface area is 231 Å². The van der Waals surface area contributed by atoms with Crippen molar-refractivity contribution < 1.29 is 51.6 Å². The molecule has 2 fully saturated rings. The molecule has 224 valence electrons. The quantitative estimate of drug-likeness (QED) is 0.265. The van der Waals surface area contributed by atoms with E-state index >= 15 is 0 Å². The minimum atomic E-state index is -2.67. The monoisotopic (exact) mass is 573 g/mol. The fourth-order valence-electron chi connectivity index (χ4n) is 5.39. The summed E-state index contributed by atoms with van der Waals surface area (Å²) >= 11 is 0. The van der Waals surface area contributed by atoms with E-state index < -0.39 is 66.2 Å². The van der Waals surface area contributed by atoms with Crippen LogP contribution in [-0.4, -0.2) is 53.4 Å². The zero-order valence-corrected chi connectivity index (χ0v) is 23.1. The van der Waals surface area contributed by atoms with E-state index in [1.54, 1.807) is 0 Å². The van der Waals surface area contributed by atoms with Crippen LogP contribution in [0.1, 0.15) is 65.4 Å². The number of alkyl halides is 1. The summed E-state index contributed by atoms with van der Waals surface area (Å²) in [4.78, 5) is 36.3. The molecular weight excluding hydrogens is 535 g/mol. The zero-order valence-electron chi connectivity index (χ0n) is 23.1. The molecule has 12 heteroatoms. The molecule has 0 amide bonds. The second-order valence-corrected chi connectivity index (χ2v) is 11.2. The van der Waals surface area contributed by atoms with Crippen LogP contribution in [0.25, 0.3) is 0 Å². The van der Waals surface area contributed by atoms with Gasteiger partial charge >= 0.3 is 18.1 Å². The topological polar surface area (TPSA) is 134 Å². The van der Waals surface area contributed by atoms with Gasteiger partial charge in [0.25, 0.3) is 0 Å². The lowest BCUT2D eigenvalue weighted by atomic mass is 9.75. The Morgan fingerprint density at radius 3 is 2.42 bits per heavy atom. The van der Waals surface area contributed by atoms with Crippen LogP contribution in [0.4, 0.5) is 18.0 Å². The fraction of sp³-hybridized carbons (Fsp3) is 0.679. The molecule has 0 aliphatic heterocycles. The molecule has 1 aromatic rings. The van der Waals surface area contributed by atoms with Crippen molar-refractivity contribution in [3.63, 3.8) is 0 Å². The van der Waals surface area contributed by atoms with Gasteiger partial charge < -0.3 is 29.8 Å². The van der Waals surface area contributed by atoms with Gasteiger partial charge in [-0.1, -0.05) is 33.3 Å². The van der Waals surface area contributed by atoms with E-state index in [1.165, 1.54) is 13.0 Å². The van der Waals surface area contributed by atoms with Crippen LogP contribution in [0.3, 0.4) is 0 Å². The van der Waals surface area contributed by atoms with Crippen molar-refractivity contribution in [2.75, 3.05) is 0 Å². The highest BCUT2D eigenvalue weighted by Gasteiger charge is 2.70. The molecule has 1 aromatic carbocycles. The number of hydrogen-bond donors (Lipinski definition) is 2. The first kappa shape index (κ1) is 31.7. The zero-order chi connectivity index (χ0) is 29.8. The fourth-order valence-corrected chi connectivity index (χ4v) is 5.39. The lowest BCUT2D eigenvalue weighted by Crippen LogP contribution is -2.37. The highest BCUT2D eigenvalue weighted by molar-refractivity contribution is 5.83. The largest absolute Gasteiger partial charge is 0.511 e. The van der Waals surface area contributed by atoms with Crippen LogP contribution in [0, 0.1) is 35.3 Å². The van der Waals surface area contributed by atoms with Crippen molar-refractivity contribution >= 4 is 18.1 Å². The molecule has 9 nitrogen and oxygen atoms in total. The maximum absolute atomic E-state index is 14.6. The molecule has 0 radical (unpaired) electrons. The molecule has 2 aliphatic rings. The van der Waals surface area contributed by atoms with Gasteiger partial charge in [-0.2, -0.15) is 0 Å². The maximum Gasteiger partial charge on any atom is 0.511 e. The van der Waals surface area contributed by atoms with Gasteiger partial charge in [0.2, 0.25) is 12.0 Å². The minimum Gasteiger partial charge on any atom is -0.479 e. The van der Waals surface area contributed by atoms with Gasteiger partial charge in [0.15, 0.2) is 11.6 Å². The summed E-state index contributed by atoms with van der Waals surface area (Å²) in [6, 6.07) is 1.78. The first-order valence-electron chi connectivity index (χ1n) is 13.5. The van der Waals surface area contributed by atoms with Crippen LogP contribution >= 0.6 is 0 Å². The molecule has 0 aromatic heterocycles. The summed E-state index contributed by atoms with van der Waals surface area (Å²) in [6.45, 7) is 7.27. The van der Waals surface area contributed by atoms with Gasteiger partial charge in [-0.25, -0.2) is 22.8 Å². The summed E-state index contributed by atoms with van der Waals surface area (Å²) in [5.74, 6) is -4.99. The number of esters is 1. The van der Waals surface area contributed by atoms with Crippen LogP contribution in [0.5, 0.6) is 0 Å². The van der Waals surface area contributed by atoms with E-state index in [2.05, 4.69) is 20.8 Å². The van der Waals surface area contributed by atoms with Crippen molar-refractivity contribution in [2.24, 2.45) is 29.4 Å². The molecule has 0 bridgehead atoms. The van der Waals surface area contributed by atoms with E-state index in [0.29, 0.717) is 18.3 Å². The Morgan fingerprint density at radius 1 is 1.12 bits per heavy atom. The number of benzene rings is 1. The molecule has 0 heterocycles. The average Bonchev–Trinajstić information content (AvgIpc) is 3.38. The van der Waals surface area contributed by atoms with Gasteiger partial charge in [0, 0.05) is 12.8 Å². The van der Waals surface area contributed by atoms with Crippen LogP contribution in [0.2, 0.25) is 0 Å². The second-order valence-electron chi connectivity index (χ2n) is 11.2. The Balaban J connectivity index is 1.56. The van der Waals surface area contributed by atoms with E-state index in [1.807, 2.05) is 0 Å². The first-order chi connectivity index (χ1) is 18.7.